The van der Waals surface area contributed by atoms with E-state index < -0.39 is 6.17 Å². The van der Waals surface area contributed by atoms with Gasteiger partial charge in [0.2, 0.25) is 5.91 Å². The van der Waals surface area contributed by atoms with Gasteiger partial charge in [0.25, 0.3) is 0 Å². The minimum atomic E-state index is -0.610. The molecular formula is C26H46FNO2S. The Labute approximate surface area is 194 Å². The Bertz CT molecular complexity index is 599. The molecule has 0 aromatic heterocycles. The number of carbonyl (C=O) groups excluding carboxylic acids is 1. The van der Waals surface area contributed by atoms with Crippen LogP contribution in [0.25, 0.3) is 0 Å². The fraction of sp³-hybridized carbons (Fsp3) is 0.962. The fourth-order valence-corrected chi connectivity index (χ4v) is 8.36. The molecule has 1 amide bonds. The van der Waals surface area contributed by atoms with E-state index in [0.717, 1.165) is 51.7 Å². The van der Waals surface area contributed by atoms with Crippen LogP contribution in [0.3, 0.4) is 0 Å². The number of hydrogen-bond acceptors (Lipinski definition) is 3. The van der Waals surface area contributed by atoms with E-state index in [9.17, 15) is 9.18 Å². The van der Waals surface area contributed by atoms with Gasteiger partial charge in [-0.25, -0.2) is 4.39 Å². The molecule has 0 bridgehead atoms. The van der Waals surface area contributed by atoms with Crippen molar-refractivity contribution in [3.63, 3.8) is 0 Å². The SMILES string of the molecule is CC1CC(C2(SC3CCCC(F)C3)CCOCC2)CCC1N(C(=O)C(C)(C)C)C(C)C. The molecule has 3 nitrogen and oxygen atoms in total. The second-order valence-corrected chi connectivity index (χ2v) is 13.5. The van der Waals surface area contributed by atoms with E-state index in [-0.39, 0.29) is 22.1 Å². The fourth-order valence-electron chi connectivity index (χ4n) is 6.29. The van der Waals surface area contributed by atoms with Crippen LogP contribution < -0.4 is 0 Å². The second kappa shape index (κ2) is 10.3. The zero-order chi connectivity index (χ0) is 22.8. The van der Waals surface area contributed by atoms with Crippen LogP contribution in [0, 0.1) is 17.3 Å². The Morgan fingerprint density at radius 1 is 1.10 bits per heavy atom. The lowest BCUT2D eigenvalue weighted by atomic mass is 9.70. The number of nitrogens with zero attached hydrogens (tertiary/aromatic N) is 1. The molecule has 180 valence electrons. The van der Waals surface area contributed by atoms with Crippen molar-refractivity contribution in [3.05, 3.63) is 0 Å². The van der Waals surface area contributed by atoms with E-state index >= 15 is 0 Å². The number of amides is 1. The number of ether oxygens (including phenoxy) is 1. The summed E-state index contributed by atoms with van der Waals surface area (Å²) >= 11 is 2.13. The number of rotatable bonds is 5. The van der Waals surface area contributed by atoms with Crippen molar-refractivity contribution >= 4 is 17.7 Å². The molecule has 3 rings (SSSR count). The summed E-state index contributed by atoms with van der Waals surface area (Å²) in [5.74, 6) is 1.42. The highest BCUT2D eigenvalue weighted by atomic mass is 32.2. The predicted octanol–water partition coefficient (Wildman–Crippen LogP) is 6.64. The van der Waals surface area contributed by atoms with Crippen LogP contribution in [0.15, 0.2) is 0 Å². The standard InChI is InChI=1S/C26H46FNO2S/c1-18(2)28(24(29)25(4,5)6)23-11-10-20(16-19(23)3)26(12-14-30-15-13-26)31-22-9-7-8-21(27)17-22/h18-23H,7-17H2,1-6H3. The quantitative estimate of drug-likeness (QED) is 0.465. The first-order valence-corrected chi connectivity index (χ1v) is 13.6. The van der Waals surface area contributed by atoms with Crippen LogP contribution >= 0.6 is 11.8 Å². The van der Waals surface area contributed by atoms with Crippen LogP contribution in [0.5, 0.6) is 0 Å². The number of carbonyl (C=O) groups is 1. The van der Waals surface area contributed by atoms with Gasteiger partial charge in [0.1, 0.15) is 6.17 Å². The van der Waals surface area contributed by atoms with E-state index in [1.54, 1.807) is 0 Å². The summed E-state index contributed by atoms with van der Waals surface area (Å²) in [7, 11) is 0. The predicted molar refractivity (Wildman–Crippen MR) is 129 cm³/mol. The summed E-state index contributed by atoms with van der Waals surface area (Å²) in [6.45, 7) is 14.5. The number of halogens is 1. The minimum absolute atomic E-state index is 0.228. The lowest BCUT2D eigenvalue weighted by Gasteiger charge is -2.51. The summed E-state index contributed by atoms with van der Waals surface area (Å²) < 4.78 is 20.1. The summed E-state index contributed by atoms with van der Waals surface area (Å²) in [5.41, 5.74) is -0.345. The number of thioether (sulfide) groups is 1. The summed E-state index contributed by atoms with van der Waals surface area (Å²) in [5, 5.41) is 0.463. The smallest absolute Gasteiger partial charge is 0.228 e. The van der Waals surface area contributed by atoms with E-state index in [1.807, 2.05) is 20.8 Å². The normalized spacial score (nSPS) is 34.5. The molecule has 31 heavy (non-hydrogen) atoms. The van der Waals surface area contributed by atoms with Crippen molar-refractivity contribution < 1.29 is 13.9 Å². The molecule has 5 atom stereocenters. The average molecular weight is 456 g/mol. The lowest BCUT2D eigenvalue weighted by Crippen LogP contribution is -2.55. The van der Waals surface area contributed by atoms with Gasteiger partial charge in [-0.3, -0.25) is 4.79 Å². The number of alkyl halides is 1. The Balaban J connectivity index is 1.73. The zero-order valence-corrected chi connectivity index (χ0v) is 21.6. The van der Waals surface area contributed by atoms with Gasteiger partial charge < -0.3 is 9.64 Å². The first-order chi connectivity index (χ1) is 14.5. The van der Waals surface area contributed by atoms with Crippen molar-refractivity contribution in [1.29, 1.82) is 0 Å². The molecule has 5 unspecified atom stereocenters. The van der Waals surface area contributed by atoms with Crippen LogP contribution in [-0.2, 0) is 9.53 Å². The molecular weight excluding hydrogens is 409 g/mol. The van der Waals surface area contributed by atoms with Gasteiger partial charge in [0, 0.05) is 40.7 Å². The van der Waals surface area contributed by atoms with Crippen LogP contribution in [0.4, 0.5) is 4.39 Å². The van der Waals surface area contributed by atoms with Gasteiger partial charge in [-0.15, -0.1) is 0 Å². The van der Waals surface area contributed by atoms with E-state index in [4.69, 9.17) is 4.74 Å². The molecule has 0 radical (unpaired) electrons. The number of hydrogen-bond donors (Lipinski definition) is 0. The van der Waals surface area contributed by atoms with Gasteiger partial charge in [-0.2, -0.15) is 11.8 Å². The summed E-state index contributed by atoms with van der Waals surface area (Å²) in [6, 6.07) is 0.556. The van der Waals surface area contributed by atoms with Gasteiger partial charge in [0.05, 0.1) is 0 Å². The third-order valence-corrected chi connectivity index (χ3v) is 9.93. The van der Waals surface area contributed by atoms with Gasteiger partial charge in [0.15, 0.2) is 0 Å². The van der Waals surface area contributed by atoms with Crippen molar-refractivity contribution in [3.8, 4) is 0 Å². The maximum atomic E-state index is 14.1. The minimum Gasteiger partial charge on any atom is -0.381 e. The first kappa shape index (κ1) is 25.3. The van der Waals surface area contributed by atoms with Gasteiger partial charge >= 0.3 is 0 Å². The molecule has 0 N–H and O–H groups in total. The topological polar surface area (TPSA) is 29.5 Å². The molecule has 0 aromatic carbocycles. The van der Waals surface area contributed by atoms with Crippen molar-refractivity contribution in [1.82, 2.24) is 4.90 Å². The molecule has 1 saturated heterocycles. The van der Waals surface area contributed by atoms with Gasteiger partial charge in [-0.1, -0.05) is 27.7 Å². The molecule has 0 spiro atoms. The monoisotopic (exact) mass is 455 g/mol. The van der Waals surface area contributed by atoms with Gasteiger partial charge in [-0.05, 0) is 83.5 Å². The third-order valence-electron chi connectivity index (χ3n) is 7.96. The molecule has 2 saturated carbocycles. The highest BCUT2D eigenvalue weighted by molar-refractivity contribution is 8.01. The Morgan fingerprint density at radius 2 is 1.77 bits per heavy atom. The van der Waals surface area contributed by atoms with E-state index in [0.29, 0.717) is 23.1 Å². The molecule has 3 fully saturated rings. The highest BCUT2D eigenvalue weighted by Crippen LogP contribution is 2.53. The summed E-state index contributed by atoms with van der Waals surface area (Å²) in [6.07, 6.45) is 8.71. The highest BCUT2D eigenvalue weighted by Gasteiger charge is 2.47. The Morgan fingerprint density at radius 3 is 2.32 bits per heavy atom. The molecule has 1 heterocycles. The van der Waals surface area contributed by atoms with Crippen molar-refractivity contribution in [2.24, 2.45) is 17.3 Å². The van der Waals surface area contributed by atoms with Crippen LogP contribution in [-0.4, -0.2) is 52.3 Å². The van der Waals surface area contributed by atoms with E-state index in [1.165, 1.54) is 19.3 Å². The third kappa shape index (κ3) is 5.99. The van der Waals surface area contributed by atoms with Crippen molar-refractivity contribution in [2.75, 3.05) is 13.2 Å². The Hall–Kier alpha value is -0.290. The molecule has 3 aliphatic rings. The molecule has 1 aliphatic heterocycles. The summed E-state index contributed by atoms with van der Waals surface area (Å²) in [4.78, 5) is 15.5. The first-order valence-electron chi connectivity index (χ1n) is 12.8. The largest absolute Gasteiger partial charge is 0.381 e. The van der Waals surface area contributed by atoms with E-state index in [2.05, 4.69) is 37.4 Å². The maximum Gasteiger partial charge on any atom is 0.228 e. The van der Waals surface area contributed by atoms with Crippen LogP contribution in [0.1, 0.15) is 99.3 Å². The van der Waals surface area contributed by atoms with Crippen LogP contribution in [0.2, 0.25) is 0 Å². The molecule has 0 aromatic rings. The Kier molecular flexibility index (Phi) is 8.44. The molecule has 2 aliphatic carbocycles. The zero-order valence-electron chi connectivity index (χ0n) is 20.8. The second-order valence-electron chi connectivity index (χ2n) is 11.8. The molecule has 5 heteroatoms. The maximum absolute atomic E-state index is 14.1. The average Bonchev–Trinajstić information content (AvgIpc) is 2.69. The van der Waals surface area contributed by atoms with Crippen molar-refractivity contribution in [2.45, 2.75) is 128 Å². The lowest BCUT2D eigenvalue weighted by molar-refractivity contribution is -0.146.